The van der Waals surface area contributed by atoms with E-state index in [2.05, 4.69) is 0 Å². The molecule has 0 aromatic heterocycles. The summed E-state index contributed by atoms with van der Waals surface area (Å²) in [7, 11) is -1.99. The Labute approximate surface area is 139 Å². The first kappa shape index (κ1) is 17.7. The Morgan fingerprint density at radius 3 is 2.42 bits per heavy atom. The van der Waals surface area contributed by atoms with E-state index in [0.717, 1.165) is 6.26 Å². The predicted octanol–water partition coefficient (Wildman–Crippen LogP) is 2.14. The molecule has 2 aromatic rings. The second-order valence-electron chi connectivity index (χ2n) is 5.00. The van der Waals surface area contributed by atoms with Gasteiger partial charge in [0.05, 0.1) is 23.1 Å². The lowest BCUT2D eigenvalue weighted by Crippen LogP contribution is -2.15. The number of sulfone groups is 1. The Morgan fingerprint density at radius 2 is 1.75 bits per heavy atom. The maximum Gasteiger partial charge on any atom is 0.338 e. The van der Waals surface area contributed by atoms with E-state index in [1.54, 1.807) is 24.3 Å². The van der Waals surface area contributed by atoms with Crippen LogP contribution >= 0.6 is 0 Å². The van der Waals surface area contributed by atoms with Crippen LogP contribution in [-0.4, -0.2) is 40.1 Å². The molecule has 0 spiro atoms. The second-order valence-corrected chi connectivity index (χ2v) is 7.02. The van der Waals surface area contributed by atoms with Crippen molar-refractivity contribution in [2.24, 2.45) is 0 Å². The minimum Gasteiger partial charge on any atom is -0.496 e. The fraction of sp³-hybridized carbons (Fsp3) is 0.176. The van der Waals surface area contributed by atoms with Crippen molar-refractivity contribution in [1.29, 1.82) is 0 Å². The maximum atomic E-state index is 12.1. The van der Waals surface area contributed by atoms with Gasteiger partial charge in [0, 0.05) is 6.26 Å². The third-order valence-electron chi connectivity index (χ3n) is 3.24. The molecule has 0 fully saturated rings. The standard InChI is InChI=1S/C17H16O6S/c1-22-16-9-4-3-8-14(16)15(18)11-23-17(19)12-6-5-7-13(10-12)24(2,20)21/h3-10H,11H2,1-2H3. The molecule has 126 valence electrons. The highest BCUT2D eigenvalue weighted by Gasteiger charge is 2.16. The fourth-order valence-corrected chi connectivity index (χ4v) is 2.69. The van der Waals surface area contributed by atoms with Crippen LogP contribution in [0.15, 0.2) is 53.4 Å². The molecular formula is C17H16O6S. The van der Waals surface area contributed by atoms with E-state index in [4.69, 9.17) is 9.47 Å². The number of rotatable bonds is 6. The van der Waals surface area contributed by atoms with Gasteiger partial charge < -0.3 is 9.47 Å². The van der Waals surface area contributed by atoms with E-state index < -0.39 is 28.2 Å². The van der Waals surface area contributed by atoms with Crippen molar-refractivity contribution < 1.29 is 27.5 Å². The summed E-state index contributed by atoms with van der Waals surface area (Å²) in [6.07, 6.45) is 1.04. The monoisotopic (exact) mass is 348 g/mol. The molecule has 0 aliphatic heterocycles. The summed E-state index contributed by atoms with van der Waals surface area (Å²) in [6.45, 7) is -0.470. The third kappa shape index (κ3) is 4.20. The second kappa shape index (κ2) is 7.27. The Morgan fingerprint density at radius 1 is 1.04 bits per heavy atom. The summed E-state index contributed by atoms with van der Waals surface area (Å²) < 4.78 is 33.1. The largest absolute Gasteiger partial charge is 0.496 e. The smallest absolute Gasteiger partial charge is 0.338 e. The number of ether oxygens (including phenoxy) is 2. The predicted molar refractivity (Wildman–Crippen MR) is 87.2 cm³/mol. The lowest BCUT2D eigenvalue weighted by atomic mass is 10.1. The third-order valence-corrected chi connectivity index (χ3v) is 4.35. The molecule has 0 atom stereocenters. The highest BCUT2D eigenvalue weighted by Crippen LogP contribution is 2.18. The van der Waals surface area contributed by atoms with Gasteiger partial charge in [-0.25, -0.2) is 13.2 Å². The molecule has 0 N–H and O–H groups in total. The molecular weight excluding hydrogens is 332 g/mol. The zero-order chi connectivity index (χ0) is 17.7. The molecule has 7 heteroatoms. The number of Topliss-reactive ketones (excluding diaryl/α,β-unsaturated/α-hetero) is 1. The Hall–Kier alpha value is -2.67. The molecule has 6 nitrogen and oxygen atoms in total. The molecule has 0 saturated carbocycles. The van der Waals surface area contributed by atoms with Crippen molar-refractivity contribution in [3.05, 3.63) is 59.7 Å². The van der Waals surface area contributed by atoms with Gasteiger partial charge in [-0.05, 0) is 30.3 Å². The number of hydrogen-bond acceptors (Lipinski definition) is 6. The lowest BCUT2D eigenvalue weighted by Gasteiger charge is -2.08. The normalized spacial score (nSPS) is 10.9. The Kier molecular flexibility index (Phi) is 5.35. The van der Waals surface area contributed by atoms with Crippen LogP contribution in [0.1, 0.15) is 20.7 Å². The van der Waals surface area contributed by atoms with Gasteiger partial charge in [-0.2, -0.15) is 0 Å². The zero-order valence-electron chi connectivity index (χ0n) is 13.2. The minimum absolute atomic E-state index is 0.00741. The number of ketones is 1. The quantitative estimate of drug-likeness (QED) is 0.587. The highest BCUT2D eigenvalue weighted by molar-refractivity contribution is 7.90. The molecule has 24 heavy (non-hydrogen) atoms. The highest BCUT2D eigenvalue weighted by atomic mass is 32.2. The average Bonchev–Trinajstić information content (AvgIpc) is 2.58. The number of benzene rings is 2. The van der Waals surface area contributed by atoms with E-state index in [-0.39, 0.29) is 10.5 Å². The summed E-state index contributed by atoms with van der Waals surface area (Å²) in [4.78, 5) is 24.2. The summed E-state index contributed by atoms with van der Waals surface area (Å²) in [5.74, 6) is -0.804. The van der Waals surface area contributed by atoms with Gasteiger partial charge in [-0.1, -0.05) is 18.2 Å². The van der Waals surface area contributed by atoms with E-state index in [1.807, 2.05) is 0 Å². The molecule has 0 amide bonds. The van der Waals surface area contributed by atoms with Crippen LogP contribution in [0.2, 0.25) is 0 Å². The number of carbonyl (C=O) groups excluding carboxylic acids is 2. The number of methoxy groups -OCH3 is 1. The molecule has 0 heterocycles. The van der Waals surface area contributed by atoms with Crippen molar-refractivity contribution in [3.8, 4) is 5.75 Å². The number of esters is 1. The van der Waals surface area contributed by atoms with Gasteiger partial charge in [0.15, 0.2) is 16.4 Å². The van der Waals surface area contributed by atoms with Gasteiger partial charge >= 0.3 is 5.97 Å². The Bertz CT molecular complexity index is 870. The van der Waals surface area contributed by atoms with Gasteiger partial charge in [-0.3, -0.25) is 4.79 Å². The van der Waals surface area contributed by atoms with Crippen LogP contribution in [-0.2, 0) is 14.6 Å². The van der Waals surface area contributed by atoms with E-state index >= 15 is 0 Å². The molecule has 0 bridgehead atoms. The van der Waals surface area contributed by atoms with E-state index in [9.17, 15) is 18.0 Å². The summed E-state index contributed by atoms with van der Waals surface area (Å²) >= 11 is 0. The van der Waals surface area contributed by atoms with Crippen LogP contribution in [0.25, 0.3) is 0 Å². The van der Waals surface area contributed by atoms with Crippen LogP contribution in [0.5, 0.6) is 5.75 Å². The average molecular weight is 348 g/mol. The lowest BCUT2D eigenvalue weighted by molar-refractivity contribution is 0.0473. The van der Waals surface area contributed by atoms with E-state index in [1.165, 1.54) is 31.4 Å². The van der Waals surface area contributed by atoms with Crippen LogP contribution in [0.3, 0.4) is 0 Å². The van der Waals surface area contributed by atoms with Gasteiger partial charge in [0.1, 0.15) is 5.75 Å². The van der Waals surface area contributed by atoms with Crippen LogP contribution < -0.4 is 4.74 Å². The van der Waals surface area contributed by atoms with Crippen molar-refractivity contribution in [1.82, 2.24) is 0 Å². The van der Waals surface area contributed by atoms with Crippen LogP contribution in [0.4, 0.5) is 0 Å². The maximum absolute atomic E-state index is 12.1. The molecule has 0 aliphatic carbocycles. The molecule has 2 rings (SSSR count). The van der Waals surface area contributed by atoms with Crippen molar-refractivity contribution in [2.45, 2.75) is 4.90 Å². The first-order valence-corrected chi connectivity index (χ1v) is 8.85. The number of hydrogen-bond donors (Lipinski definition) is 0. The van der Waals surface area contributed by atoms with Crippen molar-refractivity contribution in [2.75, 3.05) is 20.0 Å². The van der Waals surface area contributed by atoms with Crippen molar-refractivity contribution >= 4 is 21.6 Å². The molecule has 0 aliphatic rings. The summed E-state index contributed by atoms with van der Waals surface area (Å²) in [6, 6.07) is 12.0. The van der Waals surface area contributed by atoms with Crippen LogP contribution in [0, 0.1) is 0 Å². The topological polar surface area (TPSA) is 86.7 Å². The molecule has 0 saturated heterocycles. The van der Waals surface area contributed by atoms with Gasteiger partial charge in [0.25, 0.3) is 0 Å². The summed E-state index contributed by atoms with van der Waals surface area (Å²) in [5.41, 5.74) is 0.364. The first-order chi connectivity index (χ1) is 11.3. The SMILES string of the molecule is COc1ccccc1C(=O)COC(=O)c1cccc(S(C)(=O)=O)c1. The van der Waals surface area contributed by atoms with Gasteiger partial charge in [-0.15, -0.1) is 0 Å². The Balaban J connectivity index is 2.10. The zero-order valence-corrected chi connectivity index (χ0v) is 14.0. The number of para-hydroxylation sites is 1. The van der Waals surface area contributed by atoms with E-state index in [0.29, 0.717) is 11.3 Å². The van der Waals surface area contributed by atoms with Gasteiger partial charge in [0.2, 0.25) is 5.78 Å². The molecule has 2 aromatic carbocycles. The summed E-state index contributed by atoms with van der Waals surface area (Å²) in [5, 5.41) is 0. The number of carbonyl (C=O) groups is 2. The first-order valence-electron chi connectivity index (χ1n) is 6.96. The molecule has 0 unspecified atom stereocenters. The van der Waals surface area contributed by atoms with Crippen molar-refractivity contribution in [3.63, 3.8) is 0 Å². The minimum atomic E-state index is -3.43. The fourth-order valence-electron chi connectivity index (χ4n) is 2.02. The molecule has 0 radical (unpaired) electrons.